The van der Waals surface area contributed by atoms with E-state index in [-0.39, 0.29) is 6.54 Å². The number of aromatic nitrogens is 2. The van der Waals surface area contributed by atoms with Crippen LogP contribution in [0.15, 0.2) is 44.5 Å². The summed E-state index contributed by atoms with van der Waals surface area (Å²) in [5, 5.41) is 3.10. The van der Waals surface area contributed by atoms with Gasteiger partial charge in [0.15, 0.2) is 0 Å². The van der Waals surface area contributed by atoms with Gasteiger partial charge in [0.25, 0.3) is 5.56 Å². The van der Waals surface area contributed by atoms with Gasteiger partial charge in [0.05, 0.1) is 6.20 Å². The molecule has 0 amide bonds. The van der Waals surface area contributed by atoms with Crippen LogP contribution in [0.3, 0.4) is 0 Å². The number of benzene rings is 1. The van der Waals surface area contributed by atoms with E-state index in [1.807, 2.05) is 29.2 Å². The van der Waals surface area contributed by atoms with Crippen molar-refractivity contribution in [3.05, 3.63) is 61.6 Å². The van der Waals surface area contributed by atoms with Gasteiger partial charge in [-0.05, 0) is 28.1 Å². The van der Waals surface area contributed by atoms with Crippen LogP contribution in [-0.2, 0) is 6.54 Å². The lowest BCUT2D eigenvalue weighted by Gasteiger charge is -2.09. The minimum Gasteiger partial charge on any atom is -0.382 e. The summed E-state index contributed by atoms with van der Waals surface area (Å²) in [6, 6.07) is 7.52. The molecule has 0 aliphatic rings. The lowest BCUT2D eigenvalue weighted by Crippen LogP contribution is -2.32. The van der Waals surface area contributed by atoms with E-state index in [0.717, 1.165) is 20.9 Å². The van der Waals surface area contributed by atoms with E-state index in [0.29, 0.717) is 6.54 Å². The first-order valence-corrected chi connectivity index (χ1v) is 6.35. The molecule has 7 heteroatoms. The summed E-state index contributed by atoms with van der Waals surface area (Å²) < 4.78 is 15.1. The number of rotatable bonds is 4. The molecule has 0 radical (unpaired) electrons. The van der Waals surface area contributed by atoms with Gasteiger partial charge >= 0.3 is 5.69 Å². The summed E-state index contributed by atoms with van der Waals surface area (Å²) in [5.74, 6) is -0.972. The zero-order valence-corrected chi connectivity index (χ0v) is 11.4. The molecule has 0 atom stereocenters. The van der Waals surface area contributed by atoms with Gasteiger partial charge in [-0.15, -0.1) is 0 Å². The van der Waals surface area contributed by atoms with Crippen molar-refractivity contribution >= 4 is 21.6 Å². The highest BCUT2D eigenvalue weighted by Gasteiger charge is 2.03. The van der Waals surface area contributed by atoms with Crippen LogP contribution in [0.4, 0.5) is 10.1 Å². The Morgan fingerprint density at radius 2 is 2.05 bits per heavy atom. The lowest BCUT2D eigenvalue weighted by atomic mass is 10.3. The molecule has 100 valence electrons. The first-order chi connectivity index (χ1) is 9.08. The van der Waals surface area contributed by atoms with Gasteiger partial charge in [0.1, 0.15) is 0 Å². The molecule has 2 N–H and O–H groups in total. The van der Waals surface area contributed by atoms with Crippen molar-refractivity contribution in [1.82, 2.24) is 9.55 Å². The first kappa shape index (κ1) is 13.5. The summed E-state index contributed by atoms with van der Waals surface area (Å²) in [5.41, 5.74) is -0.749. The standard InChI is InChI=1S/C12H11BrFN3O2/c13-8-3-1-2-4-10(8)15-5-6-17-7-9(14)11(18)16-12(17)19/h1-4,7,15H,5-6H2,(H,16,18,19). The maximum Gasteiger partial charge on any atom is 0.328 e. The molecule has 5 nitrogen and oxygen atoms in total. The Bertz CT molecular complexity index is 696. The average Bonchev–Trinajstić information content (AvgIpc) is 2.38. The van der Waals surface area contributed by atoms with Crippen LogP contribution in [0.1, 0.15) is 0 Å². The normalized spacial score (nSPS) is 10.4. The fraction of sp³-hybridized carbons (Fsp3) is 0.167. The molecule has 0 aliphatic carbocycles. The van der Waals surface area contributed by atoms with E-state index in [9.17, 15) is 14.0 Å². The van der Waals surface area contributed by atoms with Crippen LogP contribution in [0.2, 0.25) is 0 Å². The van der Waals surface area contributed by atoms with E-state index in [1.165, 1.54) is 0 Å². The van der Waals surface area contributed by atoms with Crippen LogP contribution >= 0.6 is 15.9 Å². The van der Waals surface area contributed by atoms with Crippen LogP contribution in [0.5, 0.6) is 0 Å². The summed E-state index contributed by atoms with van der Waals surface area (Å²) in [7, 11) is 0. The third-order valence-electron chi connectivity index (χ3n) is 2.51. The second-order valence-corrected chi connectivity index (χ2v) is 4.69. The zero-order chi connectivity index (χ0) is 13.8. The molecule has 0 saturated heterocycles. The predicted octanol–water partition coefficient (Wildman–Crippen LogP) is 1.55. The van der Waals surface area contributed by atoms with Crippen molar-refractivity contribution in [1.29, 1.82) is 0 Å². The van der Waals surface area contributed by atoms with Gasteiger partial charge in [-0.25, -0.2) is 4.79 Å². The minimum atomic E-state index is -1.000. The molecular formula is C12H11BrFN3O2. The smallest absolute Gasteiger partial charge is 0.328 e. The average molecular weight is 328 g/mol. The van der Waals surface area contributed by atoms with Crippen molar-refractivity contribution in [3.8, 4) is 0 Å². The third-order valence-corrected chi connectivity index (χ3v) is 3.20. The highest BCUT2D eigenvalue weighted by atomic mass is 79.9. The monoisotopic (exact) mass is 327 g/mol. The Morgan fingerprint density at radius 3 is 2.79 bits per heavy atom. The van der Waals surface area contributed by atoms with Gasteiger partial charge in [-0.3, -0.25) is 14.3 Å². The topological polar surface area (TPSA) is 66.9 Å². The SMILES string of the molecule is O=c1[nH]c(=O)n(CCNc2ccccc2Br)cc1F. The summed E-state index contributed by atoms with van der Waals surface area (Å²) in [6.07, 6.45) is 0.906. The molecule has 0 unspecified atom stereocenters. The van der Waals surface area contributed by atoms with Gasteiger partial charge in [0.2, 0.25) is 5.82 Å². The Labute approximate surface area is 116 Å². The van der Waals surface area contributed by atoms with E-state index >= 15 is 0 Å². The van der Waals surface area contributed by atoms with Gasteiger partial charge in [0, 0.05) is 23.2 Å². The summed E-state index contributed by atoms with van der Waals surface area (Å²) in [6.45, 7) is 0.669. The Hall–Kier alpha value is -1.89. The highest BCUT2D eigenvalue weighted by molar-refractivity contribution is 9.10. The molecule has 0 spiro atoms. The number of para-hydroxylation sites is 1. The number of nitrogens with one attached hydrogen (secondary N) is 2. The molecule has 1 aromatic heterocycles. The van der Waals surface area contributed by atoms with Gasteiger partial charge in [-0.1, -0.05) is 12.1 Å². The summed E-state index contributed by atoms with van der Waals surface area (Å²) >= 11 is 3.38. The van der Waals surface area contributed by atoms with Crippen LogP contribution < -0.4 is 16.6 Å². The molecule has 19 heavy (non-hydrogen) atoms. The van der Waals surface area contributed by atoms with Gasteiger partial charge in [-0.2, -0.15) is 4.39 Å². The zero-order valence-electron chi connectivity index (χ0n) is 9.82. The Morgan fingerprint density at radius 1 is 1.32 bits per heavy atom. The molecule has 0 bridgehead atoms. The molecule has 2 rings (SSSR count). The number of aromatic amines is 1. The third kappa shape index (κ3) is 3.31. The quantitative estimate of drug-likeness (QED) is 0.895. The van der Waals surface area contributed by atoms with Crippen molar-refractivity contribution in [3.63, 3.8) is 0 Å². The van der Waals surface area contributed by atoms with Crippen molar-refractivity contribution in [2.24, 2.45) is 0 Å². The highest BCUT2D eigenvalue weighted by Crippen LogP contribution is 2.20. The van der Waals surface area contributed by atoms with E-state index in [4.69, 9.17) is 0 Å². The van der Waals surface area contributed by atoms with Crippen molar-refractivity contribution < 1.29 is 4.39 Å². The minimum absolute atomic E-state index is 0.244. The molecule has 0 fully saturated rings. The van der Waals surface area contributed by atoms with E-state index in [2.05, 4.69) is 21.2 Å². The Kier molecular flexibility index (Phi) is 4.16. The molecular weight excluding hydrogens is 317 g/mol. The molecule has 1 heterocycles. The largest absolute Gasteiger partial charge is 0.382 e. The van der Waals surface area contributed by atoms with Crippen molar-refractivity contribution in [2.45, 2.75) is 6.54 Å². The predicted molar refractivity (Wildman–Crippen MR) is 73.9 cm³/mol. The van der Waals surface area contributed by atoms with E-state index < -0.39 is 17.1 Å². The second-order valence-electron chi connectivity index (χ2n) is 3.84. The Balaban J connectivity index is 2.04. The van der Waals surface area contributed by atoms with E-state index in [1.54, 1.807) is 0 Å². The number of hydrogen-bond donors (Lipinski definition) is 2. The first-order valence-electron chi connectivity index (χ1n) is 5.55. The fourth-order valence-corrected chi connectivity index (χ4v) is 1.99. The van der Waals surface area contributed by atoms with Crippen LogP contribution in [0.25, 0.3) is 0 Å². The number of halogens is 2. The molecule has 1 aromatic carbocycles. The number of hydrogen-bond acceptors (Lipinski definition) is 3. The number of nitrogens with zero attached hydrogens (tertiary/aromatic N) is 1. The van der Waals surface area contributed by atoms with Crippen molar-refractivity contribution in [2.75, 3.05) is 11.9 Å². The maximum absolute atomic E-state index is 13.0. The summed E-state index contributed by atoms with van der Waals surface area (Å²) in [4.78, 5) is 24.2. The molecule has 0 aliphatic heterocycles. The maximum atomic E-state index is 13.0. The van der Waals surface area contributed by atoms with Gasteiger partial charge < -0.3 is 5.32 Å². The molecule has 2 aromatic rings. The van der Waals surface area contributed by atoms with Crippen LogP contribution in [-0.4, -0.2) is 16.1 Å². The fourth-order valence-electron chi connectivity index (χ4n) is 1.56. The lowest BCUT2D eigenvalue weighted by molar-refractivity contribution is 0.556. The molecule has 0 saturated carbocycles. The number of anilines is 1. The number of H-pyrrole nitrogens is 1. The van der Waals surface area contributed by atoms with Crippen LogP contribution in [0, 0.1) is 5.82 Å². The second kappa shape index (κ2) is 5.83.